The second-order valence-electron chi connectivity index (χ2n) is 2.98. The third kappa shape index (κ3) is 2.64. The van der Waals surface area contributed by atoms with E-state index in [1.165, 1.54) is 7.11 Å². The Bertz CT molecular complexity index is 294. The number of hydrogen-bond donors (Lipinski definition) is 1. The lowest BCUT2D eigenvalue weighted by Gasteiger charge is -2.36. The summed E-state index contributed by atoms with van der Waals surface area (Å²) < 4.78 is 25.9. The number of ether oxygens (including phenoxy) is 1. The zero-order chi connectivity index (χ0) is 10.1. The predicted octanol–water partition coefficient (Wildman–Crippen LogP) is -1.87. The van der Waals surface area contributed by atoms with Crippen LogP contribution in [-0.4, -0.2) is 51.3 Å². The van der Waals surface area contributed by atoms with Crippen LogP contribution in [0.1, 0.15) is 0 Å². The van der Waals surface area contributed by atoms with Crippen molar-refractivity contribution in [3.63, 3.8) is 0 Å². The third-order valence-corrected chi connectivity index (χ3v) is 3.20. The molecule has 0 amide bonds. The number of likely N-dealkylation sites (tertiary alicyclic amines) is 1. The summed E-state index contributed by atoms with van der Waals surface area (Å²) in [6, 6.07) is 0. The molecule has 1 aliphatic heterocycles. The van der Waals surface area contributed by atoms with Crippen molar-refractivity contribution in [2.45, 2.75) is 5.25 Å². The Kier molecular flexibility index (Phi) is 2.89. The number of primary sulfonamides is 1. The predicted molar refractivity (Wildman–Crippen MR) is 45.4 cm³/mol. The highest BCUT2D eigenvalue weighted by molar-refractivity contribution is 7.89. The van der Waals surface area contributed by atoms with Crippen LogP contribution in [0.4, 0.5) is 0 Å². The van der Waals surface area contributed by atoms with Gasteiger partial charge >= 0.3 is 5.97 Å². The summed E-state index contributed by atoms with van der Waals surface area (Å²) in [7, 11) is -2.14. The highest BCUT2D eigenvalue weighted by atomic mass is 32.2. The smallest absolute Gasteiger partial charge is 0.319 e. The summed E-state index contributed by atoms with van der Waals surface area (Å²) in [5.41, 5.74) is 0. The molecule has 0 aliphatic carbocycles. The average molecular weight is 208 g/mol. The number of carbonyl (C=O) groups excluding carboxylic acids is 1. The first-order valence-electron chi connectivity index (χ1n) is 3.74. The number of sulfonamides is 1. The number of nitrogens with two attached hydrogens (primary N) is 1. The molecule has 0 spiro atoms. The topological polar surface area (TPSA) is 89.7 Å². The third-order valence-electron chi connectivity index (χ3n) is 1.97. The maximum Gasteiger partial charge on any atom is 0.319 e. The first-order valence-corrected chi connectivity index (χ1v) is 5.35. The Morgan fingerprint density at radius 2 is 2.15 bits per heavy atom. The van der Waals surface area contributed by atoms with Crippen LogP contribution >= 0.6 is 0 Å². The molecule has 0 aromatic carbocycles. The Labute approximate surface area is 76.7 Å². The van der Waals surface area contributed by atoms with Gasteiger partial charge < -0.3 is 4.74 Å². The maximum absolute atomic E-state index is 10.7. The minimum atomic E-state index is -3.44. The average Bonchev–Trinajstić information content (AvgIpc) is 1.92. The first-order chi connectivity index (χ1) is 5.93. The summed E-state index contributed by atoms with van der Waals surface area (Å²) >= 11 is 0. The quantitative estimate of drug-likeness (QED) is 0.549. The Hall–Kier alpha value is -0.660. The molecular formula is C6H12N2O4S. The fraction of sp³-hybridized carbons (Fsp3) is 0.833. The van der Waals surface area contributed by atoms with Crippen molar-refractivity contribution in [1.82, 2.24) is 4.90 Å². The molecule has 2 N–H and O–H groups in total. The molecule has 76 valence electrons. The van der Waals surface area contributed by atoms with Gasteiger partial charge in [-0.25, -0.2) is 13.6 Å². The van der Waals surface area contributed by atoms with Gasteiger partial charge in [0, 0.05) is 13.1 Å². The largest absolute Gasteiger partial charge is 0.468 e. The summed E-state index contributed by atoms with van der Waals surface area (Å²) in [4.78, 5) is 12.4. The van der Waals surface area contributed by atoms with Crippen LogP contribution in [-0.2, 0) is 19.6 Å². The van der Waals surface area contributed by atoms with E-state index in [2.05, 4.69) is 4.74 Å². The minimum Gasteiger partial charge on any atom is -0.468 e. The molecule has 13 heavy (non-hydrogen) atoms. The van der Waals surface area contributed by atoms with Gasteiger partial charge in [-0.3, -0.25) is 9.69 Å². The van der Waals surface area contributed by atoms with Gasteiger partial charge in [0.25, 0.3) is 0 Å². The van der Waals surface area contributed by atoms with Crippen molar-refractivity contribution in [2.75, 3.05) is 26.7 Å². The monoisotopic (exact) mass is 208 g/mol. The standard InChI is InChI=1S/C6H12N2O4S/c1-12-6(9)4-8-2-5(3-8)13(7,10)11/h5H,2-4H2,1H3,(H2,7,10,11). The van der Waals surface area contributed by atoms with E-state index in [4.69, 9.17) is 5.14 Å². The van der Waals surface area contributed by atoms with Crippen LogP contribution in [0.25, 0.3) is 0 Å². The van der Waals surface area contributed by atoms with E-state index in [9.17, 15) is 13.2 Å². The molecule has 7 heteroatoms. The van der Waals surface area contributed by atoms with E-state index < -0.39 is 15.3 Å². The van der Waals surface area contributed by atoms with Crippen molar-refractivity contribution >= 4 is 16.0 Å². The lowest BCUT2D eigenvalue weighted by molar-refractivity contribution is -0.142. The van der Waals surface area contributed by atoms with Gasteiger partial charge in [-0.05, 0) is 0 Å². The van der Waals surface area contributed by atoms with Crippen LogP contribution < -0.4 is 5.14 Å². The molecule has 0 unspecified atom stereocenters. The molecule has 1 aliphatic rings. The van der Waals surface area contributed by atoms with E-state index in [1.54, 1.807) is 4.90 Å². The van der Waals surface area contributed by atoms with Gasteiger partial charge in [-0.15, -0.1) is 0 Å². The van der Waals surface area contributed by atoms with Gasteiger partial charge in [0.05, 0.1) is 13.7 Å². The molecule has 6 nitrogen and oxygen atoms in total. The zero-order valence-electron chi connectivity index (χ0n) is 7.26. The summed E-state index contributed by atoms with van der Waals surface area (Å²) in [5, 5.41) is 4.37. The molecule has 0 bridgehead atoms. The summed E-state index contributed by atoms with van der Waals surface area (Å²) in [6.07, 6.45) is 0. The van der Waals surface area contributed by atoms with E-state index in [-0.39, 0.29) is 12.5 Å². The number of hydrogen-bond acceptors (Lipinski definition) is 5. The Morgan fingerprint density at radius 3 is 2.54 bits per heavy atom. The highest BCUT2D eigenvalue weighted by Crippen LogP contribution is 2.13. The van der Waals surface area contributed by atoms with Gasteiger partial charge in [-0.1, -0.05) is 0 Å². The highest BCUT2D eigenvalue weighted by Gasteiger charge is 2.35. The van der Waals surface area contributed by atoms with Crippen molar-refractivity contribution in [2.24, 2.45) is 5.14 Å². The number of nitrogens with zero attached hydrogens (tertiary/aromatic N) is 1. The van der Waals surface area contributed by atoms with Crippen LogP contribution in [0, 0.1) is 0 Å². The van der Waals surface area contributed by atoms with Crippen molar-refractivity contribution in [3.05, 3.63) is 0 Å². The maximum atomic E-state index is 10.7. The number of esters is 1. The van der Waals surface area contributed by atoms with E-state index in [0.29, 0.717) is 13.1 Å². The molecule has 1 fully saturated rings. The fourth-order valence-corrected chi connectivity index (χ4v) is 1.94. The molecule has 0 aromatic rings. The number of carbonyl (C=O) groups is 1. The van der Waals surface area contributed by atoms with Gasteiger partial charge in [0.2, 0.25) is 10.0 Å². The van der Waals surface area contributed by atoms with E-state index in [0.717, 1.165) is 0 Å². The van der Waals surface area contributed by atoms with Gasteiger partial charge in [0.15, 0.2) is 0 Å². The van der Waals surface area contributed by atoms with Crippen LogP contribution in [0.3, 0.4) is 0 Å². The second kappa shape index (κ2) is 3.60. The van der Waals surface area contributed by atoms with Crippen LogP contribution in [0.2, 0.25) is 0 Å². The lowest BCUT2D eigenvalue weighted by atomic mass is 10.2. The van der Waals surface area contributed by atoms with Crippen molar-refractivity contribution < 1.29 is 17.9 Å². The van der Waals surface area contributed by atoms with Gasteiger partial charge in [-0.2, -0.15) is 0 Å². The Morgan fingerprint density at radius 1 is 1.62 bits per heavy atom. The molecule has 1 saturated heterocycles. The molecule has 0 saturated carbocycles. The van der Waals surface area contributed by atoms with Crippen LogP contribution in [0.15, 0.2) is 0 Å². The van der Waals surface area contributed by atoms with Gasteiger partial charge in [0.1, 0.15) is 5.25 Å². The molecule has 1 heterocycles. The normalized spacial score (nSPS) is 19.5. The number of rotatable bonds is 3. The zero-order valence-corrected chi connectivity index (χ0v) is 8.08. The van der Waals surface area contributed by atoms with Crippen LogP contribution in [0.5, 0.6) is 0 Å². The minimum absolute atomic E-state index is 0.127. The lowest BCUT2D eigenvalue weighted by Crippen LogP contribution is -2.57. The van der Waals surface area contributed by atoms with E-state index in [1.807, 2.05) is 0 Å². The van der Waals surface area contributed by atoms with E-state index >= 15 is 0 Å². The van der Waals surface area contributed by atoms with Crippen molar-refractivity contribution in [1.29, 1.82) is 0 Å². The Balaban J connectivity index is 2.31. The molecule has 0 radical (unpaired) electrons. The first kappa shape index (κ1) is 10.4. The summed E-state index contributed by atoms with van der Waals surface area (Å²) in [6.45, 7) is 0.754. The molecule has 1 rings (SSSR count). The number of methoxy groups -OCH3 is 1. The van der Waals surface area contributed by atoms with Crippen molar-refractivity contribution in [3.8, 4) is 0 Å². The summed E-state index contributed by atoms with van der Waals surface area (Å²) in [5.74, 6) is -0.368. The second-order valence-corrected chi connectivity index (χ2v) is 4.83. The SMILES string of the molecule is COC(=O)CN1CC(S(N)(=O)=O)C1. The fourth-order valence-electron chi connectivity index (χ4n) is 1.11. The molecule has 0 atom stereocenters. The molecule has 0 aromatic heterocycles. The molecular weight excluding hydrogens is 196 g/mol.